The van der Waals surface area contributed by atoms with Crippen LogP contribution in [0, 0.1) is 5.41 Å². The van der Waals surface area contributed by atoms with Gasteiger partial charge in [-0.3, -0.25) is 9.59 Å². The molecule has 7 nitrogen and oxygen atoms in total. The number of hydrogen-bond donors (Lipinski definition) is 0. The fourth-order valence-electron chi connectivity index (χ4n) is 4.73. The molecule has 0 unspecified atom stereocenters. The topological polar surface area (TPSA) is 62.3 Å². The predicted octanol–water partition coefficient (Wildman–Crippen LogP) is 3.81. The molecule has 0 atom stereocenters. The van der Waals surface area contributed by atoms with Gasteiger partial charge in [0.1, 0.15) is 11.5 Å². The maximum Gasteiger partial charge on any atom is 0.253 e. The number of nitrogens with zero attached hydrogens (tertiary/aromatic N) is 3. The third-order valence-electron chi connectivity index (χ3n) is 7.19. The maximum atomic E-state index is 13.3. The first kappa shape index (κ1) is 25.3. The normalized spacial score (nSPS) is 18.3. The predicted molar refractivity (Wildman–Crippen MR) is 136 cm³/mol. The van der Waals surface area contributed by atoms with E-state index in [1.54, 1.807) is 43.5 Å². The molecule has 0 radical (unpaired) electrons. The molecule has 188 valence electrons. The molecule has 2 heterocycles. The summed E-state index contributed by atoms with van der Waals surface area (Å²) in [6.07, 6.45) is 1.85. The van der Waals surface area contributed by atoms with E-state index >= 15 is 0 Å². The summed E-state index contributed by atoms with van der Waals surface area (Å²) >= 11 is 6.01. The van der Waals surface area contributed by atoms with Crippen molar-refractivity contribution in [1.82, 2.24) is 14.7 Å². The summed E-state index contributed by atoms with van der Waals surface area (Å²) in [6, 6.07) is 14.5. The molecule has 2 amide bonds. The number of piperazine rings is 1. The van der Waals surface area contributed by atoms with Gasteiger partial charge in [-0.25, -0.2) is 0 Å². The van der Waals surface area contributed by atoms with Crippen LogP contribution in [0.3, 0.4) is 0 Å². The van der Waals surface area contributed by atoms with E-state index in [1.807, 2.05) is 21.9 Å². The van der Waals surface area contributed by atoms with Crippen molar-refractivity contribution in [3.05, 3.63) is 59.1 Å². The number of carbonyl (C=O) groups excluding carboxylic acids is 2. The SMILES string of the molecule is COc1ccc(C(=O)N2CCC(COc3ccc(Cl)cc3)(CC(=O)N3CCN(C)CC3)CC2)cc1. The Morgan fingerprint density at radius 1 is 0.857 bits per heavy atom. The third-order valence-corrected chi connectivity index (χ3v) is 7.44. The van der Waals surface area contributed by atoms with Crippen LogP contribution in [0.15, 0.2) is 48.5 Å². The molecule has 2 aliphatic heterocycles. The van der Waals surface area contributed by atoms with Gasteiger partial charge in [-0.2, -0.15) is 0 Å². The smallest absolute Gasteiger partial charge is 0.253 e. The van der Waals surface area contributed by atoms with Gasteiger partial charge in [0.15, 0.2) is 0 Å². The Morgan fingerprint density at radius 2 is 1.46 bits per heavy atom. The number of rotatable bonds is 7. The highest BCUT2D eigenvalue weighted by Gasteiger charge is 2.40. The Hall–Kier alpha value is -2.77. The number of methoxy groups -OCH3 is 1. The monoisotopic (exact) mass is 499 g/mol. The van der Waals surface area contributed by atoms with E-state index in [9.17, 15) is 9.59 Å². The molecular formula is C27H34ClN3O4. The van der Waals surface area contributed by atoms with Gasteiger partial charge in [-0.1, -0.05) is 11.6 Å². The minimum absolute atomic E-state index is 0.00488. The van der Waals surface area contributed by atoms with Crippen molar-refractivity contribution in [3.8, 4) is 11.5 Å². The molecule has 0 saturated carbocycles. The summed E-state index contributed by atoms with van der Waals surface area (Å²) in [5.41, 5.74) is 0.320. The van der Waals surface area contributed by atoms with Gasteiger partial charge in [-0.05, 0) is 68.4 Å². The van der Waals surface area contributed by atoms with Crippen molar-refractivity contribution in [3.63, 3.8) is 0 Å². The van der Waals surface area contributed by atoms with E-state index in [2.05, 4.69) is 11.9 Å². The molecule has 2 aromatic carbocycles. The Kier molecular flexibility index (Phi) is 8.19. The zero-order valence-corrected chi connectivity index (χ0v) is 21.3. The molecular weight excluding hydrogens is 466 g/mol. The second-order valence-electron chi connectivity index (χ2n) is 9.62. The molecule has 0 aromatic heterocycles. The van der Waals surface area contributed by atoms with Crippen LogP contribution < -0.4 is 9.47 Å². The van der Waals surface area contributed by atoms with E-state index in [1.165, 1.54) is 0 Å². The fourth-order valence-corrected chi connectivity index (χ4v) is 4.85. The number of amides is 2. The molecule has 2 aliphatic rings. The van der Waals surface area contributed by atoms with Crippen LogP contribution in [-0.2, 0) is 4.79 Å². The minimum atomic E-state index is -0.323. The Morgan fingerprint density at radius 3 is 2.06 bits per heavy atom. The van der Waals surface area contributed by atoms with Crippen molar-refractivity contribution < 1.29 is 19.1 Å². The first-order chi connectivity index (χ1) is 16.9. The van der Waals surface area contributed by atoms with Crippen LogP contribution in [0.2, 0.25) is 5.02 Å². The molecule has 0 bridgehead atoms. The number of ether oxygens (including phenoxy) is 2. The highest BCUT2D eigenvalue weighted by Crippen LogP contribution is 2.37. The van der Waals surface area contributed by atoms with Crippen LogP contribution in [0.25, 0.3) is 0 Å². The molecule has 2 saturated heterocycles. The summed E-state index contributed by atoms with van der Waals surface area (Å²) in [5.74, 6) is 1.64. The molecule has 35 heavy (non-hydrogen) atoms. The molecule has 4 rings (SSSR count). The second kappa shape index (κ2) is 11.3. The Labute approximate surface area is 212 Å². The average Bonchev–Trinajstić information content (AvgIpc) is 2.89. The highest BCUT2D eigenvalue weighted by atomic mass is 35.5. The first-order valence-corrected chi connectivity index (χ1v) is 12.5. The fraction of sp³-hybridized carbons (Fsp3) is 0.481. The Balaban J connectivity index is 1.43. The zero-order valence-electron chi connectivity index (χ0n) is 20.5. The van der Waals surface area contributed by atoms with Gasteiger partial charge >= 0.3 is 0 Å². The van der Waals surface area contributed by atoms with E-state index in [4.69, 9.17) is 21.1 Å². The molecule has 8 heteroatoms. The maximum absolute atomic E-state index is 13.3. The average molecular weight is 500 g/mol. The number of likely N-dealkylation sites (N-methyl/N-ethyl adjacent to an activating group) is 1. The van der Waals surface area contributed by atoms with Crippen LogP contribution in [0.1, 0.15) is 29.6 Å². The van der Waals surface area contributed by atoms with Crippen molar-refractivity contribution >= 4 is 23.4 Å². The molecule has 2 fully saturated rings. The van der Waals surface area contributed by atoms with E-state index < -0.39 is 0 Å². The third kappa shape index (κ3) is 6.47. The number of hydrogen-bond acceptors (Lipinski definition) is 5. The van der Waals surface area contributed by atoms with Gasteiger partial charge in [-0.15, -0.1) is 0 Å². The number of carbonyl (C=O) groups is 2. The van der Waals surface area contributed by atoms with Gasteiger partial charge in [0.25, 0.3) is 5.91 Å². The standard InChI is InChI=1S/C27H34ClN3O4/c1-29-15-17-30(18-16-29)25(32)19-27(20-35-24-9-5-22(28)6-10-24)11-13-31(14-12-27)26(33)21-3-7-23(34-2)8-4-21/h3-10H,11-20H2,1-2H3. The molecule has 0 N–H and O–H groups in total. The molecule has 2 aromatic rings. The number of likely N-dealkylation sites (tertiary alicyclic amines) is 1. The van der Waals surface area contributed by atoms with E-state index in [0.717, 1.165) is 37.7 Å². The van der Waals surface area contributed by atoms with Crippen molar-refractivity contribution in [2.45, 2.75) is 19.3 Å². The summed E-state index contributed by atoms with van der Waals surface area (Å²) in [7, 11) is 3.69. The van der Waals surface area contributed by atoms with E-state index in [-0.39, 0.29) is 17.2 Å². The highest BCUT2D eigenvalue weighted by molar-refractivity contribution is 6.30. The van der Waals surface area contributed by atoms with Crippen molar-refractivity contribution in [1.29, 1.82) is 0 Å². The first-order valence-electron chi connectivity index (χ1n) is 12.2. The van der Waals surface area contributed by atoms with Crippen LogP contribution in [-0.4, -0.2) is 86.5 Å². The van der Waals surface area contributed by atoms with Crippen LogP contribution in [0.4, 0.5) is 0 Å². The van der Waals surface area contributed by atoms with Gasteiger partial charge in [0, 0.05) is 61.7 Å². The van der Waals surface area contributed by atoms with Crippen molar-refractivity contribution in [2.75, 3.05) is 60.0 Å². The van der Waals surface area contributed by atoms with Crippen LogP contribution >= 0.6 is 11.6 Å². The molecule has 0 aliphatic carbocycles. The lowest BCUT2D eigenvalue weighted by molar-refractivity contribution is -0.136. The largest absolute Gasteiger partial charge is 0.497 e. The zero-order chi connectivity index (χ0) is 24.8. The second-order valence-corrected chi connectivity index (χ2v) is 10.1. The van der Waals surface area contributed by atoms with Gasteiger partial charge < -0.3 is 24.2 Å². The lowest BCUT2D eigenvalue weighted by Gasteiger charge is -2.42. The lowest BCUT2D eigenvalue weighted by Crippen LogP contribution is -2.51. The van der Waals surface area contributed by atoms with Crippen LogP contribution in [0.5, 0.6) is 11.5 Å². The molecule has 0 spiro atoms. The number of piperidine rings is 1. The summed E-state index contributed by atoms with van der Waals surface area (Å²) in [5, 5.41) is 0.655. The van der Waals surface area contributed by atoms with E-state index in [0.29, 0.717) is 49.5 Å². The summed E-state index contributed by atoms with van der Waals surface area (Å²) in [4.78, 5) is 32.4. The van der Waals surface area contributed by atoms with Crippen molar-refractivity contribution in [2.24, 2.45) is 5.41 Å². The van der Waals surface area contributed by atoms with Gasteiger partial charge in [0.2, 0.25) is 5.91 Å². The quantitative estimate of drug-likeness (QED) is 0.579. The minimum Gasteiger partial charge on any atom is -0.497 e. The Bertz CT molecular complexity index is 996. The van der Waals surface area contributed by atoms with Gasteiger partial charge in [0.05, 0.1) is 13.7 Å². The summed E-state index contributed by atoms with van der Waals surface area (Å²) in [6.45, 7) is 4.90. The lowest BCUT2D eigenvalue weighted by atomic mass is 9.75. The number of benzene rings is 2. The number of halogens is 1. The summed E-state index contributed by atoms with van der Waals surface area (Å²) < 4.78 is 11.4.